The zero-order valence-corrected chi connectivity index (χ0v) is 17.5. The van der Waals surface area contributed by atoms with E-state index in [0.717, 1.165) is 49.9 Å². The van der Waals surface area contributed by atoms with Gasteiger partial charge in [0.25, 0.3) is 0 Å². The first-order valence-electron chi connectivity index (χ1n) is 10.1. The summed E-state index contributed by atoms with van der Waals surface area (Å²) >= 11 is 0. The highest BCUT2D eigenvalue weighted by atomic mass is 32.2. The van der Waals surface area contributed by atoms with Gasteiger partial charge in [-0.1, -0.05) is 60.9 Å². The van der Waals surface area contributed by atoms with E-state index in [0.29, 0.717) is 18.2 Å². The molecular formula is C23H26N2O3S. The van der Waals surface area contributed by atoms with E-state index in [1.165, 1.54) is 0 Å². The van der Waals surface area contributed by atoms with Gasteiger partial charge in [0, 0.05) is 19.5 Å². The van der Waals surface area contributed by atoms with Crippen molar-refractivity contribution in [2.45, 2.75) is 48.9 Å². The van der Waals surface area contributed by atoms with Crippen LogP contribution in [0.25, 0.3) is 0 Å². The first-order valence-corrected chi connectivity index (χ1v) is 11.6. The van der Waals surface area contributed by atoms with Gasteiger partial charge >= 0.3 is 0 Å². The lowest BCUT2D eigenvalue weighted by Crippen LogP contribution is -2.25. The van der Waals surface area contributed by atoms with Crippen LogP contribution in [0, 0.1) is 6.92 Å². The van der Waals surface area contributed by atoms with E-state index < -0.39 is 9.84 Å². The molecule has 0 amide bonds. The second-order valence-electron chi connectivity index (χ2n) is 7.60. The first-order chi connectivity index (χ1) is 14.0. The molecule has 0 radical (unpaired) electrons. The minimum absolute atomic E-state index is 0.0363. The average Bonchev–Trinajstić information content (AvgIpc) is 2.96. The lowest BCUT2D eigenvalue weighted by atomic mass is 10.2. The predicted molar refractivity (Wildman–Crippen MR) is 113 cm³/mol. The molecular weight excluding hydrogens is 384 g/mol. The van der Waals surface area contributed by atoms with Crippen molar-refractivity contribution in [1.29, 1.82) is 0 Å². The molecule has 0 bridgehead atoms. The molecule has 3 aromatic rings. The Morgan fingerprint density at radius 1 is 0.931 bits per heavy atom. The van der Waals surface area contributed by atoms with Crippen LogP contribution in [0.4, 0.5) is 5.88 Å². The Balaban J connectivity index is 1.76. The Hall–Kier alpha value is -2.60. The van der Waals surface area contributed by atoms with Gasteiger partial charge in [-0.05, 0) is 37.5 Å². The molecule has 6 heteroatoms. The average molecular weight is 411 g/mol. The molecule has 1 aliphatic heterocycles. The van der Waals surface area contributed by atoms with Crippen molar-refractivity contribution < 1.29 is 12.8 Å². The third-order valence-corrected chi connectivity index (χ3v) is 6.97. The Morgan fingerprint density at radius 2 is 1.59 bits per heavy atom. The summed E-state index contributed by atoms with van der Waals surface area (Å²) in [5.74, 6) is 0.819. The molecule has 0 atom stereocenters. The number of nitrogens with zero attached hydrogens (tertiary/aromatic N) is 2. The Labute approximate surface area is 172 Å². The molecule has 2 heterocycles. The van der Waals surface area contributed by atoms with Gasteiger partial charge in [-0.15, -0.1) is 0 Å². The van der Waals surface area contributed by atoms with Crippen molar-refractivity contribution in [3.05, 3.63) is 71.6 Å². The fourth-order valence-corrected chi connectivity index (χ4v) is 5.00. The van der Waals surface area contributed by atoms with Gasteiger partial charge in [0.1, 0.15) is 0 Å². The highest BCUT2D eigenvalue weighted by Crippen LogP contribution is 2.33. The summed E-state index contributed by atoms with van der Waals surface area (Å²) in [5.41, 5.74) is 2.05. The number of sulfone groups is 1. The lowest BCUT2D eigenvalue weighted by molar-refractivity contribution is 0.493. The molecule has 29 heavy (non-hydrogen) atoms. The number of aromatic nitrogens is 1. The maximum atomic E-state index is 13.4. The van der Waals surface area contributed by atoms with Gasteiger partial charge in [0.15, 0.2) is 0 Å². The van der Waals surface area contributed by atoms with Crippen LogP contribution in [0.5, 0.6) is 0 Å². The van der Waals surface area contributed by atoms with E-state index in [2.05, 4.69) is 9.88 Å². The van der Waals surface area contributed by atoms with Crippen molar-refractivity contribution in [1.82, 2.24) is 4.98 Å². The van der Waals surface area contributed by atoms with Crippen LogP contribution >= 0.6 is 0 Å². The highest BCUT2D eigenvalue weighted by molar-refractivity contribution is 7.91. The quantitative estimate of drug-likeness (QED) is 0.605. The maximum Gasteiger partial charge on any atom is 0.236 e. The molecule has 0 N–H and O–H groups in total. The zero-order chi connectivity index (χ0) is 20.3. The molecule has 1 aliphatic rings. The molecule has 4 rings (SSSR count). The minimum Gasteiger partial charge on any atom is -0.423 e. The maximum absolute atomic E-state index is 13.4. The number of rotatable bonds is 5. The SMILES string of the molecule is Cc1ccc(S(=O)(=O)c2nc(Cc3ccccc3)oc2N2CCCCCC2)cc1. The number of hydrogen-bond acceptors (Lipinski definition) is 5. The fraction of sp³-hybridized carbons (Fsp3) is 0.348. The number of benzene rings is 2. The molecule has 1 aromatic heterocycles. The smallest absolute Gasteiger partial charge is 0.236 e. The van der Waals surface area contributed by atoms with Crippen LogP contribution in [0.3, 0.4) is 0 Å². The van der Waals surface area contributed by atoms with Gasteiger partial charge in [0.2, 0.25) is 26.6 Å². The van der Waals surface area contributed by atoms with E-state index in [-0.39, 0.29) is 9.92 Å². The van der Waals surface area contributed by atoms with Crippen LogP contribution in [-0.2, 0) is 16.3 Å². The van der Waals surface area contributed by atoms with Crippen molar-refractivity contribution in [3.8, 4) is 0 Å². The predicted octanol–water partition coefficient (Wildman–Crippen LogP) is 4.79. The molecule has 0 saturated carbocycles. The van der Waals surface area contributed by atoms with Gasteiger partial charge < -0.3 is 9.32 Å². The lowest BCUT2D eigenvalue weighted by Gasteiger charge is -2.20. The van der Waals surface area contributed by atoms with Crippen molar-refractivity contribution in [3.63, 3.8) is 0 Å². The Kier molecular flexibility index (Phi) is 5.72. The summed E-state index contributed by atoms with van der Waals surface area (Å²) < 4.78 is 32.9. The molecule has 1 saturated heterocycles. The largest absolute Gasteiger partial charge is 0.423 e. The molecule has 0 spiro atoms. The van der Waals surface area contributed by atoms with Crippen LogP contribution in [0.2, 0.25) is 0 Å². The fourth-order valence-electron chi connectivity index (χ4n) is 3.66. The second-order valence-corrected chi connectivity index (χ2v) is 9.46. The molecule has 1 fully saturated rings. The summed E-state index contributed by atoms with van der Waals surface area (Å²) in [7, 11) is -3.77. The van der Waals surface area contributed by atoms with E-state index >= 15 is 0 Å². The molecule has 5 nitrogen and oxygen atoms in total. The second kappa shape index (κ2) is 8.41. The van der Waals surface area contributed by atoms with E-state index in [1.54, 1.807) is 12.1 Å². The van der Waals surface area contributed by atoms with Crippen LogP contribution in [-0.4, -0.2) is 26.5 Å². The van der Waals surface area contributed by atoms with E-state index in [4.69, 9.17) is 4.42 Å². The third-order valence-electron chi connectivity index (χ3n) is 5.30. The van der Waals surface area contributed by atoms with Crippen molar-refractivity contribution in [2.75, 3.05) is 18.0 Å². The number of anilines is 1. The molecule has 2 aromatic carbocycles. The number of oxazole rings is 1. The molecule has 152 valence electrons. The van der Waals surface area contributed by atoms with Gasteiger partial charge in [0.05, 0.1) is 4.90 Å². The monoisotopic (exact) mass is 410 g/mol. The summed E-state index contributed by atoms with van der Waals surface area (Å²) in [6.45, 7) is 3.51. The first kappa shape index (κ1) is 19.7. The topological polar surface area (TPSA) is 63.4 Å². The summed E-state index contributed by atoms with van der Waals surface area (Å²) in [6.07, 6.45) is 4.83. The summed E-state index contributed by atoms with van der Waals surface area (Å²) in [5, 5.41) is 0.0363. The highest BCUT2D eigenvalue weighted by Gasteiger charge is 2.31. The Morgan fingerprint density at radius 3 is 2.24 bits per heavy atom. The van der Waals surface area contributed by atoms with E-state index in [9.17, 15) is 8.42 Å². The summed E-state index contributed by atoms with van der Waals surface area (Å²) in [4.78, 5) is 6.79. The number of aryl methyl sites for hydroxylation is 1. The van der Waals surface area contributed by atoms with Crippen LogP contribution in [0.1, 0.15) is 42.7 Å². The van der Waals surface area contributed by atoms with Gasteiger partial charge in [-0.3, -0.25) is 0 Å². The van der Waals surface area contributed by atoms with Crippen molar-refractivity contribution >= 4 is 15.7 Å². The normalized spacial score (nSPS) is 15.3. The van der Waals surface area contributed by atoms with Crippen LogP contribution in [0.15, 0.2) is 68.9 Å². The molecule has 0 aliphatic carbocycles. The zero-order valence-electron chi connectivity index (χ0n) is 16.7. The number of hydrogen-bond donors (Lipinski definition) is 0. The minimum atomic E-state index is -3.77. The van der Waals surface area contributed by atoms with Crippen molar-refractivity contribution in [2.24, 2.45) is 0 Å². The molecule has 0 unspecified atom stereocenters. The third kappa shape index (κ3) is 4.37. The summed E-state index contributed by atoms with van der Waals surface area (Å²) in [6, 6.07) is 16.7. The Bertz CT molecular complexity index is 1050. The van der Waals surface area contributed by atoms with Gasteiger partial charge in [-0.25, -0.2) is 8.42 Å². The van der Waals surface area contributed by atoms with E-state index in [1.807, 2.05) is 49.4 Å². The van der Waals surface area contributed by atoms with Gasteiger partial charge in [-0.2, -0.15) is 4.98 Å². The van der Waals surface area contributed by atoms with Crippen LogP contribution < -0.4 is 4.90 Å². The standard InChI is InChI=1S/C23H26N2O3S/c1-18-11-13-20(14-12-18)29(26,27)22-23(25-15-7-2-3-8-16-25)28-21(24-22)17-19-9-5-4-6-10-19/h4-6,9-14H,2-3,7-8,15-17H2,1H3.